The molecule has 1 N–H and O–H groups in total. The second-order valence-corrected chi connectivity index (χ2v) is 8.62. The Morgan fingerprint density at radius 3 is 2.59 bits per heavy atom. The molecule has 0 radical (unpaired) electrons. The summed E-state index contributed by atoms with van der Waals surface area (Å²) in [6.07, 6.45) is 0. The van der Waals surface area contributed by atoms with Crippen LogP contribution in [-0.2, 0) is 7.05 Å². The number of hydrogen-bond acceptors (Lipinski definition) is 5. The zero-order chi connectivity index (χ0) is 21.0. The summed E-state index contributed by atoms with van der Waals surface area (Å²) in [5, 5.41) is 12.3. The summed E-state index contributed by atoms with van der Waals surface area (Å²) in [5.41, 5.74) is 1.12. The molecule has 1 aromatic heterocycles. The van der Waals surface area contributed by atoms with Gasteiger partial charge in [-0.25, -0.2) is 0 Å². The summed E-state index contributed by atoms with van der Waals surface area (Å²) in [5.74, 6) is 0.604. The first-order valence-corrected chi connectivity index (χ1v) is 10.9. The molecule has 1 amide bonds. The molecule has 0 aliphatic heterocycles. The van der Waals surface area contributed by atoms with Crippen LogP contribution in [0.4, 0.5) is 0 Å². The van der Waals surface area contributed by atoms with Gasteiger partial charge in [-0.1, -0.05) is 57.5 Å². The number of halogens is 2. The first kappa shape index (κ1) is 21.5. The van der Waals surface area contributed by atoms with Crippen LogP contribution in [0, 0.1) is 0 Å². The fraction of sp³-hybridized carbons (Fsp3) is 0.200. The van der Waals surface area contributed by atoms with Crippen LogP contribution in [0.25, 0.3) is 0 Å². The first-order chi connectivity index (χ1) is 13.8. The third-order valence-electron chi connectivity index (χ3n) is 4.19. The number of aromatic nitrogens is 3. The van der Waals surface area contributed by atoms with Crippen molar-refractivity contribution >= 4 is 51.0 Å². The number of nitrogens with one attached hydrogen (secondary N) is 1. The molecule has 150 valence electrons. The third-order valence-corrected chi connectivity index (χ3v) is 5.97. The average molecular weight is 494 g/mol. The van der Waals surface area contributed by atoms with Crippen molar-refractivity contribution in [2.24, 2.45) is 7.05 Å². The zero-order valence-electron chi connectivity index (χ0n) is 15.7. The smallest absolute Gasteiger partial charge is 0.251 e. The summed E-state index contributed by atoms with van der Waals surface area (Å²) in [6.45, 7) is 1.83. The summed E-state index contributed by atoms with van der Waals surface area (Å²) < 4.78 is 2.70. The minimum Gasteiger partial charge on any atom is -0.342 e. The number of nitrogens with zero attached hydrogens (tertiary/aromatic N) is 3. The lowest BCUT2D eigenvalue weighted by Gasteiger charge is -2.13. The lowest BCUT2D eigenvalue weighted by atomic mass is 10.2. The molecule has 0 fully saturated rings. The lowest BCUT2D eigenvalue weighted by Crippen LogP contribution is -2.28. The highest BCUT2D eigenvalue weighted by Gasteiger charge is 2.19. The summed E-state index contributed by atoms with van der Waals surface area (Å²) >= 11 is 10.6. The van der Waals surface area contributed by atoms with Crippen LogP contribution in [0.5, 0.6) is 0 Å². The van der Waals surface area contributed by atoms with Crippen molar-refractivity contribution in [2.45, 2.75) is 18.1 Å². The van der Waals surface area contributed by atoms with Gasteiger partial charge in [0, 0.05) is 27.7 Å². The second kappa shape index (κ2) is 9.56. The molecule has 9 heteroatoms. The molecule has 0 aliphatic carbocycles. The van der Waals surface area contributed by atoms with Gasteiger partial charge in [0.15, 0.2) is 16.8 Å². The molecule has 3 rings (SSSR count). The molecule has 29 heavy (non-hydrogen) atoms. The number of Topliss-reactive ketones (excluding diaryl/α,β-unsaturated/α-hetero) is 1. The Kier molecular flexibility index (Phi) is 7.10. The van der Waals surface area contributed by atoms with Gasteiger partial charge in [0.25, 0.3) is 5.91 Å². The molecule has 1 heterocycles. The predicted octanol–water partition coefficient (Wildman–Crippen LogP) is 4.70. The van der Waals surface area contributed by atoms with E-state index in [1.54, 1.807) is 41.0 Å². The number of ketones is 1. The Labute approximate surface area is 186 Å². The van der Waals surface area contributed by atoms with Crippen molar-refractivity contribution in [3.8, 4) is 0 Å². The number of rotatable bonds is 7. The van der Waals surface area contributed by atoms with Crippen LogP contribution in [0.1, 0.15) is 39.5 Å². The molecule has 2 aromatic carbocycles. The second-order valence-electron chi connectivity index (χ2n) is 6.32. The number of carbonyl (C=O) groups is 2. The number of hydrogen-bond donors (Lipinski definition) is 1. The van der Waals surface area contributed by atoms with Crippen LogP contribution >= 0.6 is 39.3 Å². The Bertz CT molecular complexity index is 1040. The highest BCUT2D eigenvalue weighted by molar-refractivity contribution is 9.10. The molecular formula is C20H18BrClN4O2S. The highest BCUT2D eigenvalue weighted by Crippen LogP contribution is 2.21. The number of amides is 1. The van der Waals surface area contributed by atoms with Crippen molar-refractivity contribution in [1.29, 1.82) is 0 Å². The summed E-state index contributed by atoms with van der Waals surface area (Å²) in [7, 11) is 1.81. The van der Waals surface area contributed by atoms with Crippen molar-refractivity contribution < 1.29 is 9.59 Å². The van der Waals surface area contributed by atoms with E-state index in [9.17, 15) is 9.59 Å². The monoisotopic (exact) mass is 492 g/mol. The number of carbonyl (C=O) groups excluding carboxylic acids is 2. The van der Waals surface area contributed by atoms with Crippen LogP contribution in [0.2, 0.25) is 5.02 Å². The van der Waals surface area contributed by atoms with E-state index in [1.165, 1.54) is 11.8 Å². The molecule has 0 bridgehead atoms. The maximum atomic E-state index is 12.4. The molecule has 0 spiro atoms. The van der Waals surface area contributed by atoms with E-state index in [4.69, 9.17) is 11.6 Å². The lowest BCUT2D eigenvalue weighted by molar-refractivity contribution is 0.0937. The Balaban J connectivity index is 1.63. The fourth-order valence-electron chi connectivity index (χ4n) is 2.65. The van der Waals surface area contributed by atoms with Gasteiger partial charge in [-0.05, 0) is 37.3 Å². The van der Waals surface area contributed by atoms with Gasteiger partial charge in [-0.15, -0.1) is 10.2 Å². The fourth-order valence-corrected chi connectivity index (χ4v) is 3.92. The van der Waals surface area contributed by atoms with Crippen LogP contribution in [-0.4, -0.2) is 32.2 Å². The van der Waals surface area contributed by atoms with Crippen LogP contribution in [0.3, 0.4) is 0 Å². The van der Waals surface area contributed by atoms with Crippen molar-refractivity contribution in [1.82, 2.24) is 20.1 Å². The Hall–Kier alpha value is -2.16. The topological polar surface area (TPSA) is 76.9 Å². The quantitative estimate of drug-likeness (QED) is 0.381. The molecule has 6 nitrogen and oxygen atoms in total. The largest absolute Gasteiger partial charge is 0.342 e. The van der Waals surface area contributed by atoms with E-state index in [0.717, 1.165) is 4.47 Å². The minimum absolute atomic E-state index is 0.00866. The SMILES string of the molecule is C[C@@H](NC(=O)c1cccc(Cl)c1)c1nnc(SCC(=O)c2ccc(Br)cc2)n1C. The molecule has 0 saturated heterocycles. The van der Waals surface area contributed by atoms with Gasteiger partial charge in [0.05, 0.1) is 11.8 Å². The van der Waals surface area contributed by atoms with Crippen LogP contribution < -0.4 is 5.32 Å². The maximum Gasteiger partial charge on any atom is 0.251 e. The maximum absolute atomic E-state index is 12.4. The van der Waals surface area contributed by atoms with E-state index in [2.05, 4.69) is 31.4 Å². The van der Waals surface area contributed by atoms with Crippen molar-refractivity contribution in [3.63, 3.8) is 0 Å². The van der Waals surface area contributed by atoms with Gasteiger partial charge in [-0.3, -0.25) is 9.59 Å². The van der Waals surface area contributed by atoms with Crippen LogP contribution in [0.15, 0.2) is 58.2 Å². The number of thioether (sulfide) groups is 1. The highest BCUT2D eigenvalue weighted by atomic mass is 79.9. The van der Waals surface area contributed by atoms with E-state index in [-0.39, 0.29) is 23.5 Å². The Morgan fingerprint density at radius 2 is 1.90 bits per heavy atom. The van der Waals surface area contributed by atoms with Gasteiger partial charge in [0.2, 0.25) is 0 Å². The minimum atomic E-state index is -0.365. The first-order valence-electron chi connectivity index (χ1n) is 8.72. The molecule has 0 aliphatic rings. The average Bonchev–Trinajstić information content (AvgIpc) is 3.07. The van der Waals surface area contributed by atoms with E-state index in [0.29, 0.717) is 27.1 Å². The van der Waals surface area contributed by atoms with Gasteiger partial charge in [-0.2, -0.15) is 0 Å². The molecule has 0 unspecified atom stereocenters. The normalized spacial score (nSPS) is 11.9. The zero-order valence-corrected chi connectivity index (χ0v) is 18.9. The molecule has 0 saturated carbocycles. The standard InChI is InChI=1S/C20H18BrClN4O2S/c1-12(23-19(28)14-4-3-5-16(22)10-14)18-24-25-20(26(18)2)29-11-17(27)13-6-8-15(21)9-7-13/h3-10,12H,11H2,1-2H3,(H,23,28)/t12-/m1/s1. The summed E-state index contributed by atoms with van der Waals surface area (Å²) in [4.78, 5) is 24.8. The van der Waals surface area contributed by atoms with Gasteiger partial charge >= 0.3 is 0 Å². The molecule has 3 aromatic rings. The Morgan fingerprint density at radius 1 is 1.17 bits per heavy atom. The number of benzene rings is 2. The molecular weight excluding hydrogens is 476 g/mol. The molecule has 1 atom stereocenters. The van der Waals surface area contributed by atoms with E-state index in [1.807, 2.05) is 26.1 Å². The van der Waals surface area contributed by atoms with Crippen molar-refractivity contribution in [2.75, 3.05) is 5.75 Å². The van der Waals surface area contributed by atoms with E-state index < -0.39 is 0 Å². The van der Waals surface area contributed by atoms with Gasteiger partial charge in [0.1, 0.15) is 0 Å². The predicted molar refractivity (Wildman–Crippen MR) is 118 cm³/mol. The summed E-state index contributed by atoms with van der Waals surface area (Å²) in [6, 6.07) is 13.6. The van der Waals surface area contributed by atoms with E-state index >= 15 is 0 Å². The third kappa shape index (κ3) is 5.46. The van der Waals surface area contributed by atoms with Gasteiger partial charge < -0.3 is 9.88 Å². The van der Waals surface area contributed by atoms with Crippen molar-refractivity contribution in [3.05, 3.63) is 75.0 Å².